The molecule has 4 nitrogen and oxygen atoms in total. The molecule has 6 rings (SSSR count). The summed E-state index contributed by atoms with van der Waals surface area (Å²) in [6, 6.07) is 24.9. The van der Waals surface area contributed by atoms with Gasteiger partial charge in [0, 0.05) is 16.3 Å². The molecule has 0 atom stereocenters. The fourth-order valence-electron chi connectivity index (χ4n) is 5.45. The molecule has 0 radical (unpaired) electrons. The monoisotopic (exact) mass is 482 g/mol. The van der Waals surface area contributed by atoms with Gasteiger partial charge in [-0.3, -0.25) is 0 Å². The van der Waals surface area contributed by atoms with Crippen LogP contribution in [0.1, 0.15) is 25.0 Å². The quantitative estimate of drug-likeness (QED) is 0.187. The van der Waals surface area contributed by atoms with Crippen molar-refractivity contribution in [2.24, 2.45) is 13.0 Å². The van der Waals surface area contributed by atoms with Crippen LogP contribution in [0.25, 0.3) is 60.1 Å². The number of aryl methyl sites for hydroxylation is 2. The minimum atomic E-state index is 0.586. The van der Waals surface area contributed by atoms with E-state index in [1.54, 1.807) is 0 Å². The first-order chi connectivity index (χ1) is 18.0. The summed E-state index contributed by atoms with van der Waals surface area (Å²) in [5.41, 5.74) is 9.56. The number of aromatic nitrogens is 2. The number of fused-ring (bicyclic) bond motifs is 4. The van der Waals surface area contributed by atoms with Crippen molar-refractivity contribution in [2.45, 2.75) is 27.2 Å². The first-order valence-corrected chi connectivity index (χ1v) is 12.7. The SMILES string of the molecule is [C-]#[N+]c1ccc2c(oc3c(-c4c5ccc(CC(C)C)cc5nc[n+]4C)c(C)ccc32)c1-c1ccccc1. The number of benzene rings is 4. The van der Waals surface area contributed by atoms with Gasteiger partial charge in [0.15, 0.2) is 11.2 Å². The van der Waals surface area contributed by atoms with Gasteiger partial charge < -0.3 is 4.42 Å². The summed E-state index contributed by atoms with van der Waals surface area (Å²) < 4.78 is 8.84. The van der Waals surface area contributed by atoms with E-state index in [9.17, 15) is 0 Å². The zero-order valence-corrected chi connectivity index (χ0v) is 21.5. The summed E-state index contributed by atoms with van der Waals surface area (Å²) >= 11 is 0. The van der Waals surface area contributed by atoms with Gasteiger partial charge in [-0.1, -0.05) is 74.5 Å². The van der Waals surface area contributed by atoms with Crippen molar-refractivity contribution < 1.29 is 8.98 Å². The lowest BCUT2D eigenvalue weighted by Gasteiger charge is -2.11. The molecule has 4 aromatic carbocycles. The van der Waals surface area contributed by atoms with Crippen LogP contribution in [-0.2, 0) is 13.5 Å². The van der Waals surface area contributed by atoms with Crippen molar-refractivity contribution in [2.75, 3.05) is 0 Å². The van der Waals surface area contributed by atoms with Gasteiger partial charge in [-0.25, -0.2) is 9.41 Å². The maximum Gasteiger partial charge on any atom is 0.287 e. The van der Waals surface area contributed by atoms with Crippen LogP contribution in [0.3, 0.4) is 0 Å². The third-order valence-electron chi connectivity index (χ3n) is 7.10. The van der Waals surface area contributed by atoms with Gasteiger partial charge in [-0.15, -0.1) is 0 Å². The molecule has 180 valence electrons. The number of rotatable bonds is 4. The predicted octanol–water partition coefficient (Wildman–Crippen LogP) is 8.35. The van der Waals surface area contributed by atoms with Crippen molar-refractivity contribution in [3.63, 3.8) is 0 Å². The van der Waals surface area contributed by atoms with Gasteiger partial charge in [0.25, 0.3) is 6.33 Å². The molecule has 0 aliphatic rings. The van der Waals surface area contributed by atoms with E-state index in [0.29, 0.717) is 11.6 Å². The molecule has 0 spiro atoms. The predicted molar refractivity (Wildman–Crippen MR) is 151 cm³/mol. The zero-order valence-electron chi connectivity index (χ0n) is 21.5. The molecule has 2 heterocycles. The first kappa shape index (κ1) is 22.9. The summed E-state index contributed by atoms with van der Waals surface area (Å²) in [4.78, 5) is 8.59. The molecular formula is C33H28N3O+. The summed E-state index contributed by atoms with van der Waals surface area (Å²) in [6.45, 7) is 14.4. The summed E-state index contributed by atoms with van der Waals surface area (Å²) in [7, 11) is 2.04. The average Bonchev–Trinajstić information content (AvgIpc) is 3.27. The van der Waals surface area contributed by atoms with Gasteiger partial charge >= 0.3 is 0 Å². The Balaban J connectivity index is 1.69. The topological polar surface area (TPSA) is 34.3 Å². The second kappa shape index (κ2) is 8.87. The Kier molecular flexibility index (Phi) is 5.50. The molecule has 0 fully saturated rings. The highest BCUT2D eigenvalue weighted by atomic mass is 16.3. The highest BCUT2D eigenvalue weighted by Gasteiger charge is 2.24. The Bertz CT molecular complexity index is 1860. The van der Waals surface area contributed by atoms with Gasteiger partial charge in [0.2, 0.25) is 0 Å². The second-order valence-electron chi connectivity index (χ2n) is 10.2. The third-order valence-corrected chi connectivity index (χ3v) is 7.10. The van der Waals surface area contributed by atoms with Crippen molar-refractivity contribution in [1.29, 1.82) is 0 Å². The lowest BCUT2D eigenvalue weighted by atomic mass is 9.96. The van der Waals surface area contributed by atoms with Crippen LogP contribution in [0.4, 0.5) is 5.69 Å². The minimum Gasteiger partial charge on any atom is -0.456 e. The Morgan fingerprint density at radius 1 is 0.892 bits per heavy atom. The smallest absolute Gasteiger partial charge is 0.287 e. The molecule has 0 bridgehead atoms. The van der Waals surface area contributed by atoms with Crippen molar-refractivity contribution in [3.8, 4) is 22.4 Å². The largest absolute Gasteiger partial charge is 0.456 e. The van der Waals surface area contributed by atoms with Crippen molar-refractivity contribution >= 4 is 38.5 Å². The molecule has 2 aromatic heterocycles. The van der Waals surface area contributed by atoms with Crippen molar-refractivity contribution in [3.05, 3.63) is 102 Å². The second-order valence-corrected chi connectivity index (χ2v) is 10.2. The van der Waals surface area contributed by atoms with E-state index in [2.05, 4.69) is 60.5 Å². The van der Waals surface area contributed by atoms with E-state index in [-0.39, 0.29) is 0 Å². The number of nitrogens with zero attached hydrogens (tertiary/aromatic N) is 3. The molecule has 0 unspecified atom stereocenters. The Morgan fingerprint density at radius 3 is 2.32 bits per heavy atom. The molecule has 0 saturated heterocycles. The summed E-state index contributed by atoms with van der Waals surface area (Å²) in [6.07, 6.45) is 2.92. The Hall–Kier alpha value is -4.49. The Labute approximate surface area is 216 Å². The van der Waals surface area contributed by atoms with Crippen LogP contribution >= 0.6 is 0 Å². The van der Waals surface area contributed by atoms with Gasteiger partial charge in [-0.05, 0) is 53.1 Å². The van der Waals surface area contributed by atoms with E-state index in [1.807, 2.05) is 55.8 Å². The van der Waals surface area contributed by atoms with Crippen LogP contribution < -0.4 is 4.57 Å². The van der Waals surface area contributed by atoms with Crippen LogP contribution in [0, 0.1) is 19.4 Å². The molecule has 0 aliphatic carbocycles. The minimum absolute atomic E-state index is 0.586. The van der Waals surface area contributed by atoms with E-state index in [0.717, 1.165) is 67.2 Å². The van der Waals surface area contributed by atoms with E-state index >= 15 is 0 Å². The average molecular weight is 483 g/mol. The molecule has 0 amide bonds. The highest BCUT2D eigenvalue weighted by Crippen LogP contribution is 2.44. The molecule has 0 aliphatic heterocycles. The third kappa shape index (κ3) is 3.75. The molecule has 4 heteroatoms. The van der Waals surface area contributed by atoms with E-state index in [4.69, 9.17) is 16.0 Å². The highest BCUT2D eigenvalue weighted by molar-refractivity contribution is 6.16. The maximum absolute atomic E-state index is 7.81. The summed E-state index contributed by atoms with van der Waals surface area (Å²) in [5.74, 6) is 0.586. The fraction of sp³-hybridized carbons (Fsp3) is 0.182. The standard InChI is InChI=1S/C33H28N3O/c1-20(2)17-22-12-14-26-28(18-22)35-19-36(5)31(26)29-21(3)11-13-24-25-15-16-27(34-4)30(33(25)37-32(24)29)23-9-7-6-8-10-23/h6-16,18-20H,17H2,1-3,5H3/q+1. The van der Waals surface area contributed by atoms with Crippen LogP contribution in [0.15, 0.2) is 83.5 Å². The van der Waals surface area contributed by atoms with Gasteiger partial charge in [-0.2, -0.15) is 0 Å². The normalized spacial score (nSPS) is 11.6. The fourth-order valence-corrected chi connectivity index (χ4v) is 5.45. The lowest BCUT2D eigenvalue weighted by Crippen LogP contribution is -2.32. The van der Waals surface area contributed by atoms with Crippen molar-refractivity contribution in [1.82, 2.24) is 4.98 Å². The van der Waals surface area contributed by atoms with Crippen LogP contribution in [0.2, 0.25) is 0 Å². The van der Waals surface area contributed by atoms with E-state index < -0.39 is 0 Å². The molecular weight excluding hydrogens is 454 g/mol. The number of furan rings is 1. The molecule has 0 saturated carbocycles. The number of hydrogen-bond acceptors (Lipinski definition) is 2. The summed E-state index contributed by atoms with van der Waals surface area (Å²) in [5, 5.41) is 3.16. The van der Waals surface area contributed by atoms with Crippen LogP contribution in [-0.4, -0.2) is 4.98 Å². The van der Waals surface area contributed by atoms with Crippen LogP contribution in [0.5, 0.6) is 0 Å². The van der Waals surface area contributed by atoms with Gasteiger partial charge in [0.1, 0.15) is 16.9 Å². The maximum atomic E-state index is 7.81. The molecule has 6 aromatic rings. The van der Waals surface area contributed by atoms with Gasteiger partial charge in [0.05, 0.1) is 24.6 Å². The Morgan fingerprint density at radius 2 is 1.59 bits per heavy atom. The number of hydrogen-bond donors (Lipinski definition) is 0. The first-order valence-electron chi connectivity index (χ1n) is 12.7. The zero-order chi connectivity index (χ0) is 25.7. The molecule has 0 N–H and O–H groups in total. The van der Waals surface area contributed by atoms with E-state index in [1.165, 1.54) is 5.56 Å². The molecule has 37 heavy (non-hydrogen) atoms. The lowest BCUT2D eigenvalue weighted by molar-refractivity contribution is -0.662.